The zero-order valence-corrected chi connectivity index (χ0v) is 20.9. The molecule has 184 valence electrons. The molecule has 8 nitrogen and oxygen atoms in total. The molecule has 1 aromatic carbocycles. The second-order valence-corrected chi connectivity index (χ2v) is 10.7. The lowest BCUT2D eigenvalue weighted by atomic mass is 9.96. The first-order valence-electron chi connectivity index (χ1n) is 12.6. The smallest absolute Gasteiger partial charge is 0.231 e. The molecule has 0 N–H and O–H groups in total. The molecule has 0 bridgehead atoms. The number of carbonyl (C=O) groups is 1. The molecular formula is C26H31N5O3S. The highest BCUT2D eigenvalue weighted by atomic mass is 32.1. The van der Waals surface area contributed by atoms with Crippen molar-refractivity contribution in [1.29, 1.82) is 0 Å². The molecule has 1 atom stereocenters. The predicted molar refractivity (Wildman–Crippen MR) is 136 cm³/mol. The third-order valence-corrected chi connectivity index (χ3v) is 8.49. The highest BCUT2D eigenvalue weighted by molar-refractivity contribution is 7.18. The molecule has 3 aliphatic rings. The summed E-state index contributed by atoms with van der Waals surface area (Å²) < 4.78 is 10.9. The molecule has 5 heterocycles. The van der Waals surface area contributed by atoms with Crippen LogP contribution in [0.4, 0.5) is 5.82 Å². The Kier molecular flexibility index (Phi) is 6.20. The van der Waals surface area contributed by atoms with Gasteiger partial charge in [-0.1, -0.05) is 13.0 Å². The predicted octanol–water partition coefficient (Wildman–Crippen LogP) is 3.54. The van der Waals surface area contributed by atoms with Crippen LogP contribution in [0, 0.1) is 5.92 Å². The van der Waals surface area contributed by atoms with E-state index >= 15 is 0 Å². The lowest BCUT2D eigenvalue weighted by Gasteiger charge is -2.39. The van der Waals surface area contributed by atoms with Crippen molar-refractivity contribution in [3.63, 3.8) is 0 Å². The van der Waals surface area contributed by atoms with E-state index in [1.807, 2.05) is 6.07 Å². The number of piperidine rings is 1. The van der Waals surface area contributed by atoms with E-state index in [2.05, 4.69) is 49.8 Å². The number of anilines is 1. The Balaban J connectivity index is 1.07. The highest BCUT2D eigenvalue weighted by Crippen LogP contribution is 2.34. The van der Waals surface area contributed by atoms with Crippen molar-refractivity contribution < 1.29 is 14.3 Å². The van der Waals surface area contributed by atoms with E-state index in [-0.39, 0.29) is 5.92 Å². The number of thiophene rings is 1. The summed E-state index contributed by atoms with van der Waals surface area (Å²) in [5, 5.41) is 1.12. The number of amides is 1. The van der Waals surface area contributed by atoms with Crippen molar-refractivity contribution in [2.45, 2.75) is 32.7 Å². The van der Waals surface area contributed by atoms with Crippen molar-refractivity contribution in [3.05, 3.63) is 41.0 Å². The Morgan fingerprint density at radius 1 is 1.09 bits per heavy atom. The molecule has 2 saturated heterocycles. The van der Waals surface area contributed by atoms with Crippen LogP contribution in [-0.2, 0) is 17.8 Å². The first kappa shape index (κ1) is 22.5. The van der Waals surface area contributed by atoms with Crippen LogP contribution in [0.15, 0.2) is 30.6 Å². The number of aromatic nitrogens is 2. The van der Waals surface area contributed by atoms with Gasteiger partial charge in [-0.25, -0.2) is 9.97 Å². The molecule has 1 amide bonds. The van der Waals surface area contributed by atoms with Crippen LogP contribution in [0.1, 0.15) is 30.2 Å². The maximum absolute atomic E-state index is 13.5. The van der Waals surface area contributed by atoms with Crippen LogP contribution in [0.2, 0.25) is 0 Å². The van der Waals surface area contributed by atoms with Gasteiger partial charge in [0.25, 0.3) is 0 Å². The molecule has 1 unspecified atom stereocenters. The van der Waals surface area contributed by atoms with E-state index in [0.29, 0.717) is 12.7 Å². The van der Waals surface area contributed by atoms with Gasteiger partial charge in [0.05, 0.1) is 11.3 Å². The summed E-state index contributed by atoms with van der Waals surface area (Å²) in [7, 11) is 0. The number of ether oxygens (including phenoxy) is 2. The van der Waals surface area contributed by atoms with Crippen molar-refractivity contribution in [3.8, 4) is 11.5 Å². The SMILES string of the molecule is CCc1cc2c(N3CCCC(C(=O)N4CCN(Cc5ccc6c(c5)OCO6)CC4)C3)ncnc2s1. The Morgan fingerprint density at radius 2 is 1.94 bits per heavy atom. The molecular weight excluding hydrogens is 462 g/mol. The van der Waals surface area contributed by atoms with E-state index in [1.54, 1.807) is 17.7 Å². The van der Waals surface area contributed by atoms with Crippen LogP contribution in [-0.4, -0.2) is 71.7 Å². The van der Waals surface area contributed by atoms with Gasteiger partial charge in [0.15, 0.2) is 11.5 Å². The van der Waals surface area contributed by atoms with Crippen molar-refractivity contribution in [2.24, 2.45) is 5.92 Å². The van der Waals surface area contributed by atoms with E-state index in [0.717, 1.165) is 92.6 Å². The van der Waals surface area contributed by atoms with Crippen LogP contribution >= 0.6 is 11.3 Å². The summed E-state index contributed by atoms with van der Waals surface area (Å²) in [6.45, 7) is 8.34. The van der Waals surface area contributed by atoms with Gasteiger partial charge in [-0.3, -0.25) is 9.69 Å². The average molecular weight is 494 g/mol. The Labute approximate surface area is 209 Å². The van der Waals surface area contributed by atoms with Gasteiger partial charge in [-0.05, 0) is 43.0 Å². The number of carbonyl (C=O) groups excluding carboxylic acids is 1. The first-order valence-corrected chi connectivity index (χ1v) is 13.4. The van der Waals surface area contributed by atoms with Gasteiger partial charge in [0, 0.05) is 50.7 Å². The van der Waals surface area contributed by atoms with Gasteiger partial charge in [0.1, 0.15) is 17.0 Å². The van der Waals surface area contributed by atoms with Gasteiger partial charge >= 0.3 is 0 Å². The number of fused-ring (bicyclic) bond motifs is 2. The maximum atomic E-state index is 13.5. The third kappa shape index (κ3) is 4.54. The molecule has 3 aromatic rings. The van der Waals surface area contributed by atoms with Gasteiger partial charge < -0.3 is 19.3 Å². The molecule has 6 rings (SSSR count). The van der Waals surface area contributed by atoms with Crippen LogP contribution < -0.4 is 14.4 Å². The fraction of sp³-hybridized carbons (Fsp3) is 0.500. The molecule has 2 aromatic heterocycles. The minimum absolute atomic E-state index is 0.0263. The summed E-state index contributed by atoms with van der Waals surface area (Å²) in [6, 6.07) is 8.37. The van der Waals surface area contributed by atoms with Crippen molar-refractivity contribution in [2.75, 3.05) is 51.0 Å². The van der Waals surface area contributed by atoms with Gasteiger partial charge in [0.2, 0.25) is 12.7 Å². The monoisotopic (exact) mass is 493 g/mol. The Hall–Kier alpha value is -2.91. The first-order chi connectivity index (χ1) is 17.2. The zero-order valence-electron chi connectivity index (χ0n) is 20.1. The number of nitrogens with zero attached hydrogens (tertiary/aromatic N) is 5. The second kappa shape index (κ2) is 9.62. The van der Waals surface area contributed by atoms with Crippen LogP contribution in [0.5, 0.6) is 11.5 Å². The van der Waals surface area contributed by atoms with Crippen molar-refractivity contribution in [1.82, 2.24) is 19.8 Å². The number of benzene rings is 1. The maximum Gasteiger partial charge on any atom is 0.231 e. The van der Waals surface area contributed by atoms with Crippen LogP contribution in [0.3, 0.4) is 0 Å². The Bertz CT molecular complexity index is 1220. The standard InChI is InChI=1S/C26H31N5O3S/c1-2-20-13-21-24(27-16-28-25(21)35-20)31-7-3-4-19(15-31)26(32)30-10-8-29(9-11-30)14-18-5-6-22-23(12-18)34-17-33-22/h5-6,12-13,16,19H,2-4,7-11,14-15,17H2,1H3. The number of rotatable bonds is 5. The van der Waals surface area contributed by atoms with E-state index in [9.17, 15) is 4.79 Å². The number of hydrogen-bond acceptors (Lipinski definition) is 8. The van der Waals surface area contributed by atoms with E-state index in [1.165, 1.54) is 10.4 Å². The topological polar surface area (TPSA) is 71.0 Å². The zero-order chi connectivity index (χ0) is 23.8. The molecule has 0 saturated carbocycles. The summed E-state index contributed by atoms with van der Waals surface area (Å²) in [5.41, 5.74) is 1.22. The summed E-state index contributed by atoms with van der Waals surface area (Å²) in [6.07, 6.45) is 4.63. The third-order valence-electron chi connectivity index (χ3n) is 7.31. The van der Waals surface area contributed by atoms with Gasteiger partial charge in [-0.2, -0.15) is 0 Å². The number of hydrogen-bond donors (Lipinski definition) is 0. The normalized spacial score (nSPS) is 20.5. The van der Waals surface area contributed by atoms with Crippen LogP contribution in [0.25, 0.3) is 10.2 Å². The largest absolute Gasteiger partial charge is 0.454 e. The Morgan fingerprint density at radius 3 is 2.80 bits per heavy atom. The summed E-state index contributed by atoms with van der Waals surface area (Å²) in [5.74, 6) is 2.95. The van der Waals surface area contributed by atoms with E-state index in [4.69, 9.17) is 9.47 Å². The lowest BCUT2D eigenvalue weighted by Crippen LogP contribution is -2.52. The minimum Gasteiger partial charge on any atom is -0.454 e. The summed E-state index contributed by atoms with van der Waals surface area (Å²) in [4.78, 5) is 31.7. The fourth-order valence-electron chi connectivity index (χ4n) is 5.37. The quantitative estimate of drug-likeness (QED) is 0.538. The fourth-order valence-corrected chi connectivity index (χ4v) is 6.30. The average Bonchev–Trinajstić information content (AvgIpc) is 3.55. The number of piperazine rings is 1. The molecule has 0 radical (unpaired) electrons. The molecule has 35 heavy (non-hydrogen) atoms. The molecule has 0 spiro atoms. The second-order valence-electron chi connectivity index (χ2n) is 9.56. The molecule has 9 heteroatoms. The molecule has 0 aliphatic carbocycles. The lowest BCUT2D eigenvalue weighted by molar-refractivity contribution is -0.137. The molecule has 3 aliphatic heterocycles. The minimum atomic E-state index is 0.0263. The highest BCUT2D eigenvalue weighted by Gasteiger charge is 2.32. The van der Waals surface area contributed by atoms with Crippen molar-refractivity contribution >= 4 is 33.3 Å². The molecule has 2 fully saturated rings. The summed E-state index contributed by atoms with van der Waals surface area (Å²) >= 11 is 1.74. The number of aryl methyl sites for hydroxylation is 1. The van der Waals surface area contributed by atoms with E-state index < -0.39 is 0 Å². The van der Waals surface area contributed by atoms with Gasteiger partial charge in [-0.15, -0.1) is 11.3 Å².